The van der Waals surface area contributed by atoms with Crippen LogP contribution >= 0.6 is 11.8 Å². The van der Waals surface area contributed by atoms with Crippen molar-refractivity contribution in [2.75, 3.05) is 18.9 Å². The van der Waals surface area contributed by atoms with E-state index in [4.69, 9.17) is 0 Å². The average molecular weight is 265 g/mol. The Morgan fingerprint density at radius 1 is 1.39 bits per heavy atom. The lowest BCUT2D eigenvalue weighted by Gasteiger charge is -2.23. The molecule has 0 spiro atoms. The van der Waals surface area contributed by atoms with Crippen molar-refractivity contribution in [2.45, 2.75) is 43.5 Å². The van der Waals surface area contributed by atoms with Crippen molar-refractivity contribution in [1.29, 1.82) is 0 Å². The van der Waals surface area contributed by atoms with E-state index in [0.29, 0.717) is 0 Å². The summed E-state index contributed by atoms with van der Waals surface area (Å²) >= 11 is 1.98. The highest BCUT2D eigenvalue weighted by Gasteiger charge is 2.15. The van der Waals surface area contributed by atoms with Gasteiger partial charge in [0, 0.05) is 10.4 Å². The van der Waals surface area contributed by atoms with Gasteiger partial charge in [-0.2, -0.15) is 0 Å². The van der Waals surface area contributed by atoms with E-state index in [-0.39, 0.29) is 12.1 Å². The van der Waals surface area contributed by atoms with Gasteiger partial charge in [-0.15, -0.1) is 11.8 Å². The first kappa shape index (κ1) is 13.9. The van der Waals surface area contributed by atoms with Gasteiger partial charge >= 0.3 is 0 Å². The molecule has 2 nitrogen and oxygen atoms in total. The molecule has 1 heterocycles. The number of benzene rings is 1. The summed E-state index contributed by atoms with van der Waals surface area (Å²) in [5.74, 6) is 1.26. The predicted octanol–water partition coefficient (Wildman–Crippen LogP) is 2.63. The van der Waals surface area contributed by atoms with E-state index in [1.54, 1.807) is 0 Å². The largest absolute Gasteiger partial charge is 0.394 e. The third-order valence-electron chi connectivity index (χ3n) is 3.39. The van der Waals surface area contributed by atoms with E-state index < -0.39 is 0 Å². The summed E-state index contributed by atoms with van der Waals surface area (Å²) in [6.45, 7) is 5.14. The number of aliphatic hydroxyl groups is 1. The Morgan fingerprint density at radius 2 is 2.22 bits per heavy atom. The lowest BCUT2D eigenvalue weighted by Crippen LogP contribution is -2.43. The third kappa shape index (κ3) is 3.74. The second-order valence-corrected chi connectivity index (χ2v) is 6.75. The van der Waals surface area contributed by atoms with Crippen LogP contribution in [0.25, 0.3) is 0 Å². The van der Waals surface area contributed by atoms with Crippen molar-refractivity contribution in [3.8, 4) is 0 Å². The minimum Gasteiger partial charge on any atom is -0.394 e. The quantitative estimate of drug-likeness (QED) is 0.858. The topological polar surface area (TPSA) is 32.3 Å². The van der Waals surface area contributed by atoms with Crippen molar-refractivity contribution < 1.29 is 5.11 Å². The van der Waals surface area contributed by atoms with Crippen LogP contribution in [-0.2, 0) is 12.8 Å². The highest BCUT2D eigenvalue weighted by Crippen LogP contribution is 2.30. The van der Waals surface area contributed by atoms with E-state index in [0.717, 1.165) is 13.0 Å². The Hall–Kier alpha value is -0.510. The normalized spacial score (nSPS) is 15.5. The van der Waals surface area contributed by atoms with Gasteiger partial charge in [0.2, 0.25) is 0 Å². The Bertz CT molecular complexity index is 403. The standard InChI is InChI=1S/C15H23NOS/c1-15(2,11-17)16-8-7-12-5-6-14-13(10-12)4-3-9-18-14/h5-6,10,16-17H,3-4,7-9,11H2,1-2H3. The van der Waals surface area contributed by atoms with Crippen molar-refractivity contribution in [3.63, 3.8) is 0 Å². The van der Waals surface area contributed by atoms with Gasteiger partial charge in [-0.1, -0.05) is 12.1 Å². The zero-order valence-electron chi connectivity index (χ0n) is 11.3. The van der Waals surface area contributed by atoms with Crippen molar-refractivity contribution in [3.05, 3.63) is 29.3 Å². The molecule has 0 radical (unpaired) electrons. The molecule has 1 aliphatic rings. The summed E-state index contributed by atoms with van der Waals surface area (Å²) in [6, 6.07) is 6.87. The molecule has 1 aromatic rings. The second kappa shape index (κ2) is 6.09. The lowest BCUT2D eigenvalue weighted by atomic mass is 10.0. The summed E-state index contributed by atoms with van der Waals surface area (Å²) in [6.07, 6.45) is 3.56. The maximum atomic E-state index is 9.18. The van der Waals surface area contributed by atoms with Crippen LogP contribution in [0, 0.1) is 0 Å². The highest BCUT2D eigenvalue weighted by molar-refractivity contribution is 7.99. The molecule has 0 aromatic heterocycles. The summed E-state index contributed by atoms with van der Waals surface area (Å²) in [5.41, 5.74) is 2.74. The van der Waals surface area contributed by atoms with Crippen LogP contribution < -0.4 is 5.32 Å². The van der Waals surface area contributed by atoms with Gasteiger partial charge in [-0.05, 0) is 62.6 Å². The van der Waals surface area contributed by atoms with E-state index in [2.05, 4.69) is 23.5 Å². The van der Waals surface area contributed by atoms with Gasteiger partial charge in [0.25, 0.3) is 0 Å². The number of nitrogens with one attached hydrogen (secondary N) is 1. The van der Waals surface area contributed by atoms with E-state index in [1.165, 1.54) is 34.6 Å². The molecule has 0 amide bonds. The number of hydrogen-bond acceptors (Lipinski definition) is 3. The molecule has 1 aromatic carbocycles. The van der Waals surface area contributed by atoms with E-state index >= 15 is 0 Å². The molecule has 0 bridgehead atoms. The monoisotopic (exact) mass is 265 g/mol. The molecule has 100 valence electrons. The Balaban J connectivity index is 1.90. The van der Waals surface area contributed by atoms with Crippen LogP contribution in [0.15, 0.2) is 23.1 Å². The molecule has 0 unspecified atom stereocenters. The number of aryl methyl sites for hydroxylation is 1. The smallest absolute Gasteiger partial charge is 0.0607 e. The summed E-state index contributed by atoms with van der Waals surface area (Å²) in [5, 5.41) is 12.6. The Kier molecular flexibility index (Phi) is 4.71. The van der Waals surface area contributed by atoms with Gasteiger partial charge in [0.1, 0.15) is 0 Å². The molecular weight excluding hydrogens is 242 g/mol. The fourth-order valence-electron chi connectivity index (χ4n) is 2.17. The Morgan fingerprint density at radius 3 is 3.00 bits per heavy atom. The second-order valence-electron chi connectivity index (χ2n) is 5.61. The van der Waals surface area contributed by atoms with Crippen LogP contribution in [0.4, 0.5) is 0 Å². The predicted molar refractivity (Wildman–Crippen MR) is 78.4 cm³/mol. The van der Waals surface area contributed by atoms with Gasteiger partial charge in [-0.3, -0.25) is 0 Å². The number of hydrogen-bond donors (Lipinski definition) is 2. The SMILES string of the molecule is CC(C)(CO)NCCc1ccc2c(c1)CCCS2. The Labute approximate surface area is 114 Å². The fraction of sp³-hybridized carbons (Fsp3) is 0.600. The highest BCUT2D eigenvalue weighted by atomic mass is 32.2. The molecular formula is C15H23NOS. The third-order valence-corrected chi connectivity index (χ3v) is 4.59. The first-order valence-corrected chi connectivity index (χ1v) is 7.70. The van der Waals surface area contributed by atoms with Crippen LogP contribution in [0.3, 0.4) is 0 Å². The molecule has 2 N–H and O–H groups in total. The van der Waals surface area contributed by atoms with Gasteiger partial charge in [0.15, 0.2) is 0 Å². The first-order valence-electron chi connectivity index (χ1n) is 6.71. The number of aliphatic hydroxyl groups excluding tert-OH is 1. The first-order chi connectivity index (χ1) is 8.61. The molecule has 3 heteroatoms. The van der Waals surface area contributed by atoms with Crippen molar-refractivity contribution >= 4 is 11.8 Å². The number of fused-ring (bicyclic) bond motifs is 1. The van der Waals surface area contributed by atoms with Crippen LogP contribution in [0.1, 0.15) is 31.4 Å². The minimum absolute atomic E-state index is 0.174. The molecule has 0 aliphatic carbocycles. The van der Waals surface area contributed by atoms with Gasteiger partial charge in [-0.25, -0.2) is 0 Å². The molecule has 0 atom stereocenters. The van der Waals surface area contributed by atoms with Crippen molar-refractivity contribution in [1.82, 2.24) is 5.32 Å². The van der Waals surface area contributed by atoms with Crippen molar-refractivity contribution in [2.24, 2.45) is 0 Å². The van der Waals surface area contributed by atoms with Crippen LogP contribution in [-0.4, -0.2) is 29.5 Å². The van der Waals surface area contributed by atoms with Crippen LogP contribution in [0.5, 0.6) is 0 Å². The molecule has 18 heavy (non-hydrogen) atoms. The molecule has 2 rings (SSSR count). The van der Waals surface area contributed by atoms with Gasteiger partial charge in [0.05, 0.1) is 6.61 Å². The summed E-state index contributed by atoms with van der Waals surface area (Å²) in [7, 11) is 0. The minimum atomic E-state index is -0.177. The number of rotatable bonds is 5. The lowest BCUT2D eigenvalue weighted by molar-refractivity contribution is 0.189. The maximum Gasteiger partial charge on any atom is 0.0607 e. The maximum absolute atomic E-state index is 9.18. The van der Waals surface area contributed by atoms with E-state index in [9.17, 15) is 5.11 Å². The van der Waals surface area contributed by atoms with E-state index in [1.807, 2.05) is 25.6 Å². The molecule has 0 fully saturated rings. The fourth-order valence-corrected chi connectivity index (χ4v) is 3.19. The summed E-state index contributed by atoms with van der Waals surface area (Å²) in [4.78, 5) is 1.47. The summed E-state index contributed by atoms with van der Waals surface area (Å²) < 4.78 is 0. The van der Waals surface area contributed by atoms with Gasteiger partial charge < -0.3 is 10.4 Å². The molecule has 1 aliphatic heterocycles. The zero-order valence-corrected chi connectivity index (χ0v) is 12.1. The molecule has 0 saturated heterocycles. The zero-order chi connectivity index (χ0) is 13.0. The number of thioether (sulfide) groups is 1. The van der Waals surface area contributed by atoms with Crippen LogP contribution in [0.2, 0.25) is 0 Å². The molecule has 0 saturated carbocycles. The average Bonchev–Trinajstić information content (AvgIpc) is 2.38.